The molecule has 0 unspecified atom stereocenters. The third-order valence-electron chi connectivity index (χ3n) is 13.7. The summed E-state index contributed by atoms with van der Waals surface area (Å²) in [5, 5.41) is 15.6. The van der Waals surface area contributed by atoms with E-state index in [1.165, 1.54) is 115 Å². The van der Waals surface area contributed by atoms with E-state index in [2.05, 4.69) is 219 Å². The van der Waals surface area contributed by atoms with Crippen LogP contribution in [0, 0.1) is 0 Å². The van der Waals surface area contributed by atoms with Crippen molar-refractivity contribution in [1.29, 1.82) is 0 Å². The highest BCUT2D eigenvalue weighted by Gasteiger charge is 2.30. The van der Waals surface area contributed by atoms with Gasteiger partial charge in [0.25, 0.3) is 0 Å². The summed E-state index contributed by atoms with van der Waals surface area (Å²) >= 11 is 0. The second-order valence-corrected chi connectivity index (χ2v) is 19.5. The number of hydrogen-bond donors (Lipinski definition) is 0. The predicted octanol–water partition coefficient (Wildman–Crippen LogP) is 16.4. The first-order valence-electron chi connectivity index (χ1n) is 21.7. The minimum atomic E-state index is -0.0783. The van der Waals surface area contributed by atoms with Crippen molar-refractivity contribution < 1.29 is 0 Å². The van der Waals surface area contributed by atoms with Gasteiger partial charge in [-0.2, -0.15) is 0 Å². The standard InChI is InChI=1S/C58H45N3/c1-57(2,3)37-28-45-43-32-51-48(53-41-24-16-15-19-36(41)26-44-42-25-34-17-13-14-18-35(34)27-49(42)60(51)56(44)53)33-50(43)61-54(45)46(29-37)47-30-38(58(4,5)6)31-52(55(47)61)59(39-20-9-7-10-21-39)40-22-11-8-12-23-40/h7-33H,1-6H3. The lowest BCUT2D eigenvalue weighted by Gasteiger charge is -2.29. The Kier molecular flexibility index (Phi) is 6.72. The lowest BCUT2D eigenvalue weighted by atomic mass is 9.84. The Hall–Kier alpha value is -7.10. The Labute approximate surface area is 354 Å². The minimum Gasteiger partial charge on any atom is -0.308 e. The van der Waals surface area contributed by atoms with E-state index in [0.717, 1.165) is 11.4 Å². The fourth-order valence-electron chi connectivity index (χ4n) is 10.7. The maximum atomic E-state index is 2.63. The highest BCUT2D eigenvalue weighted by molar-refractivity contribution is 6.34. The molecule has 4 aromatic heterocycles. The van der Waals surface area contributed by atoms with Gasteiger partial charge in [-0.3, -0.25) is 0 Å². The molecule has 0 saturated carbocycles. The molecule has 0 fully saturated rings. The molecular weight excluding hydrogens is 739 g/mol. The lowest BCUT2D eigenvalue weighted by molar-refractivity contribution is 0.591. The van der Waals surface area contributed by atoms with Crippen molar-refractivity contribution in [2.45, 2.75) is 52.4 Å². The van der Waals surface area contributed by atoms with Crippen LogP contribution < -0.4 is 4.90 Å². The first-order valence-corrected chi connectivity index (χ1v) is 21.7. The molecule has 13 aromatic rings. The molecule has 13 rings (SSSR count). The normalized spacial score (nSPS) is 13.1. The summed E-state index contributed by atoms with van der Waals surface area (Å²) in [5.41, 5.74) is 13.6. The van der Waals surface area contributed by atoms with Gasteiger partial charge < -0.3 is 13.7 Å². The van der Waals surface area contributed by atoms with E-state index >= 15 is 0 Å². The van der Waals surface area contributed by atoms with Crippen LogP contribution in [0.4, 0.5) is 17.1 Å². The van der Waals surface area contributed by atoms with E-state index in [-0.39, 0.29) is 10.8 Å². The zero-order valence-corrected chi connectivity index (χ0v) is 35.4. The van der Waals surface area contributed by atoms with Gasteiger partial charge in [-0.15, -0.1) is 0 Å². The lowest BCUT2D eigenvalue weighted by Crippen LogP contribution is -2.15. The van der Waals surface area contributed by atoms with Gasteiger partial charge in [-0.05, 0) is 122 Å². The van der Waals surface area contributed by atoms with Crippen molar-refractivity contribution in [2.24, 2.45) is 0 Å². The zero-order chi connectivity index (χ0) is 41.1. The van der Waals surface area contributed by atoms with Crippen molar-refractivity contribution in [3.05, 3.63) is 175 Å². The molecule has 0 aliphatic carbocycles. The third-order valence-corrected chi connectivity index (χ3v) is 13.7. The van der Waals surface area contributed by atoms with E-state index in [4.69, 9.17) is 0 Å². The average Bonchev–Trinajstić information content (AvgIpc) is 3.97. The molecule has 0 radical (unpaired) electrons. The van der Waals surface area contributed by atoms with Gasteiger partial charge in [0.1, 0.15) is 0 Å². The number of fused-ring (bicyclic) bond motifs is 15. The molecule has 3 heteroatoms. The average molecular weight is 784 g/mol. The number of para-hydroxylation sites is 2. The van der Waals surface area contributed by atoms with Crippen LogP contribution in [-0.2, 0) is 10.8 Å². The maximum absolute atomic E-state index is 2.63. The minimum absolute atomic E-state index is 0.0534. The van der Waals surface area contributed by atoms with Crippen LogP contribution >= 0.6 is 0 Å². The van der Waals surface area contributed by atoms with Crippen LogP contribution in [0.1, 0.15) is 52.7 Å². The van der Waals surface area contributed by atoms with E-state index in [0.29, 0.717) is 0 Å². The largest absolute Gasteiger partial charge is 0.308 e. The van der Waals surface area contributed by atoms with Gasteiger partial charge in [-0.25, -0.2) is 0 Å². The Morgan fingerprint density at radius 3 is 1.46 bits per heavy atom. The van der Waals surface area contributed by atoms with Crippen LogP contribution in [0.5, 0.6) is 0 Å². The van der Waals surface area contributed by atoms with Crippen molar-refractivity contribution >= 4 is 115 Å². The molecule has 3 nitrogen and oxygen atoms in total. The van der Waals surface area contributed by atoms with E-state index in [1.807, 2.05) is 0 Å². The van der Waals surface area contributed by atoms with Crippen LogP contribution in [0.25, 0.3) is 97.7 Å². The fourth-order valence-corrected chi connectivity index (χ4v) is 10.7. The summed E-state index contributed by atoms with van der Waals surface area (Å²) in [4.78, 5) is 2.48. The molecule has 0 bridgehead atoms. The maximum Gasteiger partial charge on any atom is 0.0783 e. The second kappa shape index (κ2) is 11.8. The number of anilines is 3. The van der Waals surface area contributed by atoms with Crippen molar-refractivity contribution in [3.8, 4) is 0 Å². The Bertz CT molecular complexity index is 3890. The number of hydrogen-bond acceptors (Lipinski definition) is 1. The van der Waals surface area contributed by atoms with Gasteiger partial charge in [0.05, 0.1) is 38.8 Å². The molecule has 0 saturated heterocycles. The highest BCUT2D eigenvalue weighted by atomic mass is 15.2. The summed E-state index contributed by atoms with van der Waals surface area (Å²) < 4.78 is 5.21. The van der Waals surface area contributed by atoms with Crippen LogP contribution in [0.2, 0.25) is 0 Å². The molecule has 0 aliphatic rings. The highest BCUT2D eigenvalue weighted by Crippen LogP contribution is 2.51. The zero-order valence-electron chi connectivity index (χ0n) is 35.4. The van der Waals surface area contributed by atoms with Gasteiger partial charge >= 0.3 is 0 Å². The van der Waals surface area contributed by atoms with Crippen molar-refractivity contribution in [2.75, 3.05) is 4.90 Å². The fraction of sp³-hybridized carbons (Fsp3) is 0.138. The number of aromatic nitrogens is 2. The molecule has 0 aliphatic heterocycles. The van der Waals surface area contributed by atoms with Crippen LogP contribution in [-0.4, -0.2) is 8.80 Å². The molecule has 9 aromatic carbocycles. The van der Waals surface area contributed by atoms with Crippen LogP contribution in [0.3, 0.4) is 0 Å². The second-order valence-electron chi connectivity index (χ2n) is 19.5. The molecule has 292 valence electrons. The first kappa shape index (κ1) is 34.7. The van der Waals surface area contributed by atoms with Crippen LogP contribution in [0.15, 0.2) is 164 Å². The van der Waals surface area contributed by atoms with Gasteiger partial charge in [0, 0.05) is 54.5 Å². The predicted molar refractivity (Wildman–Crippen MR) is 263 cm³/mol. The summed E-state index contributed by atoms with van der Waals surface area (Å²) in [6, 6.07) is 61.9. The van der Waals surface area contributed by atoms with Gasteiger partial charge in [0.15, 0.2) is 0 Å². The molecule has 0 amide bonds. The Morgan fingerprint density at radius 1 is 0.344 bits per heavy atom. The third kappa shape index (κ3) is 4.69. The van der Waals surface area contributed by atoms with E-state index in [9.17, 15) is 0 Å². The molecule has 0 atom stereocenters. The van der Waals surface area contributed by atoms with Crippen molar-refractivity contribution in [1.82, 2.24) is 8.80 Å². The molecule has 61 heavy (non-hydrogen) atoms. The summed E-state index contributed by atoms with van der Waals surface area (Å²) in [5.74, 6) is 0. The van der Waals surface area contributed by atoms with E-state index < -0.39 is 0 Å². The summed E-state index contributed by atoms with van der Waals surface area (Å²) in [6.45, 7) is 14.1. The van der Waals surface area contributed by atoms with Crippen molar-refractivity contribution in [3.63, 3.8) is 0 Å². The smallest absolute Gasteiger partial charge is 0.0783 e. The number of benzene rings is 9. The summed E-state index contributed by atoms with van der Waals surface area (Å²) in [7, 11) is 0. The summed E-state index contributed by atoms with van der Waals surface area (Å²) in [6.07, 6.45) is 0. The number of rotatable bonds is 3. The molecule has 0 spiro atoms. The SMILES string of the molecule is CC(C)(C)c1cc(N(c2ccccc2)c2ccccc2)c2c(c1)c1cc(C(C)(C)C)cc3c4cc5c(cc4n2c31)c1c2ccccc2cc2c3cc4ccccc4cc3n5c21. The van der Waals surface area contributed by atoms with Gasteiger partial charge in [-0.1, -0.05) is 126 Å². The van der Waals surface area contributed by atoms with E-state index in [1.54, 1.807) is 0 Å². The monoisotopic (exact) mass is 783 g/mol. The molecule has 4 heterocycles. The van der Waals surface area contributed by atoms with Gasteiger partial charge in [0.2, 0.25) is 0 Å². The Morgan fingerprint density at radius 2 is 0.803 bits per heavy atom. The molecular formula is C58H45N3. The first-order chi connectivity index (χ1) is 29.5. The quantitative estimate of drug-likeness (QED) is 0.174. The molecule has 0 N–H and O–H groups in total. The number of nitrogens with zero attached hydrogens (tertiary/aromatic N) is 3. The Balaban J connectivity index is 1.28. The topological polar surface area (TPSA) is 12.1 Å².